The Kier molecular flexibility index (Phi) is 3.69. The second kappa shape index (κ2) is 5.42. The molecule has 0 aliphatic carbocycles. The number of benzene rings is 1. The number of fused-ring (bicyclic) bond motifs is 1. The molecular weight excluding hydrogens is 228 g/mol. The van der Waals surface area contributed by atoms with Gasteiger partial charge in [-0.25, -0.2) is 4.79 Å². The van der Waals surface area contributed by atoms with E-state index in [-0.39, 0.29) is 12.1 Å². The van der Waals surface area contributed by atoms with Gasteiger partial charge >= 0.3 is 5.97 Å². The molecule has 2 aromatic rings. The van der Waals surface area contributed by atoms with Gasteiger partial charge in [0.05, 0.1) is 5.52 Å². The summed E-state index contributed by atoms with van der Waals surface area (Å²) >= 11 is 0. The molecule has 1 aromatic carbocycles. The van der Waals surface area contributed by atoms with Crippen molar-refractivity contribution >= 4 is 16.9 Å². The van der Waals surface area contributed by atoms with Gasteiger partial charge in [0.1, 0.15) is 0 Å². The Hall–Kier alpha value is -2.20. The number of hydrogen-bond acceptors (Lipinski definition) is 3. The maximum atomic E-state index is 10.6. The molecule has 0 atom stereocenters. The van der Waals surface area contributed by atoms with Gasteiger partial charge in [-0.3, -0.25) is 4.98 Å². The number of hydrogen-bond donors (Lipinski definition) is 2. The molecule has 0 spiro atoms. The molecule has 1 aromatic heterocycles. The van der Waals surface area contributed by atoms with Crippen molar-refractivity contribution in [2.45, 2.75) is 6.54 Å². The first-order valence-corrected chi connectivity index (χ1v) is 5.63. The summed E-state index contributed by atoms with van der Waals surface area (Å²) in [4.78, 5) is 14.9. The molecular formula is C14H14N2O2. The van der Waals surface area contributed by atoms with Crippen molar-refractivity contribution in [1.82, 2.24) is 10.3 Å². The van der Waals surface area contributed by atoms with Gasteiger partial charge in [-0.05, 0) is 11.6 Å². The molecule has 92 valence electrons. The summed E-state index contributed by atoms with van der Waals surface area (Å²) in [6.07, 6.45) is 1.75. The van der Waals surface area contributed by atoms with Gasteiger partial charge in [0.2, 0.25) is 0 Å². The Morgan fingerprint density at radius 3 is 2.89 bits per heavy atom. The molecule has 0 bridgehead atoms. The maximum absolute atomic E-state index is 10.6. The molecule has 2 rings (SSSR count). The number of carbonyl (C=O) groups is 1. The predicted octanol–water partition coefficient (Wildman–Crippen LogP) is 1.97. The molecule has 0 aliphatic heterocycles. The molecule has 2 N–H and O–H groups in total. The van der Waals surface area contributed by atoms with Crippen LogP contribution in [0.15, 0.2) is 48.7 Å². The van der Waals surface area contributed by atoms with Crippen molar-refractivity contribution in [3.05, 3.63) is 54.2 Å². The van der Waals surface area contributed by atoms with Crippen LogP contribution in [0.2, 0.25) is 0 Å². The first kappa shape index (κ1) is 12.3. The first-order valence-electron chi connectivity index (χ1n) is 5.63. The number of carboxylic acids is 1. The highest BCUT2D eigenvalue weighted by atomic mass is 16.4. The number of aromatic nitrogens is 1. The Balaban J connectivity index is 2.08. The number of aliphatic carboxylic acids is 1. The molecule has 0 radical (unpaired) electrons. The Morgan fingerprint density at radius 2 is 2.11 bits per heavy atom. The minimum absolute atomic E-state index is 0.156. The van der Waals surface area contributed by atoms with Crippen LogP contribution in [0.3, 0.4) is 0 Å². The van der Waals surface area contributed by atoms with Gasteiger partial charge in [0, 0.05) is 30.2 Å². The molecule has 0 saturated heterocycles. The quantitative estimate of drug-likeness (QED) is 0.787. The lowest BCUT2D eigenvalue weighted by atomic mass is 10.1. The van der Waals surface area contributed by atoms with Gasteiger partial charge in [0.25, 0.3) is 0 Å². The molecule has 0 unspecified atom stereocenters. The van der Waals surface area contributed by atoms with Gasteiger partial charge in [-0.15, -0.1) is 0 Å². The van der Waals surface area contributed by atoms with Crippen LogP contribution < -0.4 is 5.32 Å². The zero-order chi connectivity index (χ0) is 13.0. The molecule has 0 aliphatic rings. The molecule has 4 nitrogen and oxygen atoms in total. The van der Waals surface area contributed by atoms with E-state index >= 15 is 0 Å². The number of para-hydroxylation sites is 1. The van der Waals surface area contributed by atoms with Crippen molar-refractivity contribution < 1.29 is 9.90 Å². The van der Waals surface area contributed by atoms with Gasteiger partial charge in [-0.1, -0.05) is 30.8 Å². The fourth-order valence-electron chi connectivity index (χ4n) is 1.73. The lowest BCUT2D eigenvalue weighted by Crippen LogP contribution is -2.20. The topological polar surface area (TPSA) is 62.2 Å². The summed E-state index contributed by atoms with van der Waals surface area (Å²) in [5.74, 6) is -0.974. The molecule has 0 saturated carbocycles. The van der Waals surface area contributed by atoms with Crippen molar-refractivity contribution in [2.75, 3.05) is 6.54 Å². The summed E-state index contributed by atoms with van der Waals surface area (Å²) in [7, 11) is 0. The first-order chi connectivity index (χ1) is 8.68. The largest absolute Gasteiger partial charge is 0.478 e. The maximum Gasteiger partial charge on any atom is 0.332 e. The van der Waals surface area contributed by atoms with Crippen LogP contribution in [0.1, 0.15) is 5.56 Å². The Bertz CT molecular complexity index is 588. The smallest absolute Gasteiger partial charge is 0.332 e. The standard InChI is InChI=1S/C14H14N2O2/c1-10(14(17)18)8-15-9-12-5-2-4-11-6-3-7-16-13(11)12/h2-7,15H,1,8-9H2,(H,17,18). The summed E-state index contributed by atoms with van der Waals surface area (Å²) in [6.45, 7) is 4.30. The van der Waals surface area contributed by atoms with E-state index in [2.05, 4.69) is 16.9 Å². The SMILES string of the molecule is C=C(CNCc1cccc2cccnc12)C(=O)O. The molecule has 1 heterocycles. The molecule has 0 amide bonds. The number of pyridine rings is 1. The monoisotopic (exact) mass is 242 g/mol. The van der Waals surface area contributed by atoms with Crippen molar-refractivity contribution in [3.8, 4) is 0 Å². The van der Waals surface area contributed by atoms with E-state index in [9.17, 15) is 4.79 Å². The second-order valence-electron chi connectivity index (χ2n) is 4.00. The lowest BCUT2D eigenvalue weighted by Gasteiger charge is -2.07. The van der Waals surface area contributed by atoms with Crippen LogP contribution in [0.5, 0.6) is 0 Å². The summed E-state index contributed by atoms with van der Waals surface area (Å²) in [5, 5.41) is 12.8. The highest BCUT2D eigenvalue weighted by molar-refractivity contribution is 5.86. The van der Waals surface area contributed by atoms with Crippen LogP contribution in [0, 0.1) is 0 Å². The highest BCUT2D eigenvalue weighted by Gasteiger charge is 2.04. The van der Waals surface area contributed by atoms with Crippen LogP contribution in [0.25, 0.3) is 10.9 Å². The Labute approximate surface area is 105 Å². The third-order valence-electron chi connectivity index (χ3n) is 2.67. The predicted molar refractivity (Wildman–Crippen MR) is 70.2 cm³/mol. The Morgan fingerprint density at radius 1 is 1.33 bits per heavy atom. The van der Waals surface area contributed by atoms with Crippen LogP contribution in [-0.2, 0) is 11.3 Å². The van der Waals surface area contributed by atoms with E-state index in [1.807, 2.05) is 30.3 Å². The van der Waals surface area contributed by atoms with E-state index in [0.717, 1.165) is 16.5 Å². The van der Waals surface area contributed by atoms with Gasteiger partial charge < -0.3 is 10.4 Å². The highest BCUT2D eigenvalue weighted by Crippen LogP contribution is 2.15. The van der Waals surface area contributed by atoms with Gasteiger partial charge in [0.15, 0.2) is 0 Å². The molecule has 18 heavy (non-hydrogen) atoms. The van der Waals surface area contributed by atoms with Gasteiger partial charge in [-0.2, -0.15) is 0 Å². The van der Waals surface area contributed by atoms with Crippen molar-refractivity contribution in [3.63, 3.8) is 0 Å². The average Bonchev–Trinajstić information content (AvgIpc) is 2.38. The lowest BCUT2D eigenvalue weighted by molar-refractivity contribution is -0.132. The number of nitrogens with zero attached hydrogens (tertiary/aromatic N) is 1. The fraction of sp³-hybridized carbons (Fsp3) is 0.143. The van der Waals surface area contributed by atoms with E-state index in [4.69, 9.17) is 5.11 Å². The average molecular weight is 242 g/mol. The van der Waals surface area contributed by atoms with Crippen molar-refractivity contribution in [1.29, 1.82) is 0 Å². The third-order valence-corrected chi connectivity index (χ3v) is 2.67. The molecule has 4 heteroatoms. The summed E-state index contributed by atoms with van der Waals surface area (Å²) in [6, 6.07) is 9.84. The van der Waals surface area contributed by atoms with Crippen LogP contribution in [-0.4, -0.2) is 22.6 Å². The normalized spacial score (nSPS) is 10.4. The number of carboxylic acid groups (broad SMARTS) is 1. The number of nitrogens with one attached hydrogen (secondary N) is 1. The summed E-state index contributed by atoms with van der Waals surface area (Å²) in [5.41, 5.74) is 2.14. The fourth-order valence-corrected chi connectivity index (χ4v) is 1.73. The zero-order valence-electron chi connectivity index (χ0n) is 9.89. The third kappa shape index (κ3) is 2.73. The van der Waals surface area contributed by atoms with E-state index in [1.165, 1.54) is 0 Å². The zero-order valence-corrected chi connectivity index (χ0v) is 9.89. The minimum atomic E-state index is -0.974. The van der Waals surface area contributed by atoms with Crippen LogP contribution >= 0.6 is 0 Å². The van der Waals surface area contributed by atoms with E-state index in [0.29, 0.717) is 6.54 Å². The van der Waals surface area contributed by atoms with Crippen molar-refractivity contribution in [2.24, 2.45) is 0 Å². The molecule has 0 fully saturated rings. The van der Waals surface area contributed by atoms with E-state index < -0.39 is 5.97 Å². The van der Waals surface area contributed by atoms with Crippen LogP contribution in [0.4, 0.5) is 0 Å². The van der Waals surface area contributed by atoms with E-state index in [1.54, 1.807) is 6.20 Å². The second-order valence-corrected chi connectivity index (χ2v) is 4.00. The number of rotatable bonds is 5. The minimum Gasteiger partial charge on any atom is -0.478 e. The summed E-state index contributed by atoms with van der Waals surface area (Å²) < 4.78 is 0.